The van der Waals surface area contributed by atoms with E-state index in [0.29, 0.717) is 15.7 Å². The first-order valence-corrected chi connectivity index (χ1v) is 8.49. The first-order chi connectivity index (χ1) is 10.5. The Morgan fingerprint density at radius 1 is 1.14 bits per heavy atom. The highest BCUT2D eigenvalue weighted by molar-refractivity contribution is 8.00. The number of carbonyl (C=O) groups excluding carboxylic acids is 1. The van der Waals surface area contributed by atoms with Crippen molar-refractivity contribution in [3.05, 3.63) is 62.8 Å². The van der Waals surface area contributed by atoms with Gasteiger partial charge in [0.15, 0.2) is 0 Å². The number of hydrogen-bond donors (Lipinski definition) is 0. The molecule has 1 aliphatic rings. The molecule has 1 amide bonds. The number of thioether (sulfide) groups is 1. The third-order valence-electron chi connectivity index (χ3n) is 3.24. The van der Waals surface area contributed by atoms with Gasteiger partial charge in [-0.25, -0.2) is 4.39 Å². The van der Waals surface area contributed by atoms with Crippen LogP contribution in [0, 0.1) is 5.82 Å². The van der Waals surface area contributed by atoms with E-state index in [-0.39, 0.29) is 22.2 Å². The van der Waals surface area contributed by atoms with E-state index < -0.39 is 11.2 Å². The minimum Gasteiger partial charge on any atom is -0.295 e. The second kappa shape index (κ2) is 6.28. The third kappa shape index (κ3) is 2.93. The Balaban J connectivity index is 2.10. The summed E-state index contributed by atoms with van der Waals surface area (Å²) in [5.41, 5.74) is 0.813. The lowest BCUT2D eigenvalue weighted by Crippen LogP contribution is -2.28. The van der Waals surface area contributed by atoms with Gasteiger partial charge in [-0.1, -0.05) is 40.9 Å². The molecule has 0 aliphatic carbocycles. The molecule has 0 radical (unpaired) electrons. The minimum atomic E-state index is -0.546. The van der Waals surface area contributed by atoms with Gasteiger partial charge in [0.25, 0.3) is 0 Å². The molecule has 7 heteroatoms. The molecule has 0 N–H and O–H groups in total. The normalized spacial score (nSPS) is 18.1. The molecular weight excluding hydrogens is 368 g/mol. The number of benzene rings is 2. The Labute approximate surface area is 146 Å². The van der Waals surface area contributed by atoms with E-state index in [2.05, 4.69) is 0 Å². The van der Waals surface area contributed by atoms with Crippen molar-refractivity contribution in [1.82, 2.24) is 0 Å². The summed E-state index contributed by atoms with van der Waals surface area (Å²) in [6.45, 7) is 0. The fourth-order valence-corrected chi connectivity index (χ4v) is 4.42. The maximum Gasteiger partial charge on any atom is 0.238 e. The van der Waals surface area contributed by atoms with Gasteiger partial charge in [0, 0.05) is 26.3 Å². The number of anilines is 1. The lowest BCUT2D eigenvalue weighted by Gasteiger charge is -2.25. The fraction of sp³-hybridized carbons (Fsp3) is 0.133. The lowest BCUT2D eigenvalue weighted by atomic mass is 10.1. The molecule has 1 fully saturated rings. The monoisotopic (exact) mass is 375 g/mol. The predicted octanol–water partition coefficient (Wildman–Crippen LogP) is 5.56. The summed E-state index contributed by atoms with van der Waals surface area (Å²) in [6, 6.07) is 9.28. The maximum atomic E-state index is 14.2. The van der Waals surface area contributed by atoms with Crippen molar-refractivity contribution in [2.75, 3.05) is 10.7 Å². The molecule has 1 heterocycles. The van der Waals surface area contributed by atoms with Gasteiger partial charge >= 0.3 is 0 Å². The smallest absolute Gasteiger partial charge is 0.238 e. The molecule has 22 heavy (non-hydrogen) atoms. The van der Waals surface area contributed by atoms with Gasteiger partial charge in [0.2, 0.25) is 5.91 Å². The number of carbonyl (C=O) groups is 1. The zero-order valence-corrected chi connectivity index (χ0v) is 14.1. The van der Waals surface area contributed by atoms with Crippen molar-refractivity contribution >= 4 is 58.2 Å². The fourth-order valence-electron chi connectivity index (χ4n) is 2.34. The second-order valence-electron chi connectivity index (χ2n) is 4.69. The van der Waals surface area contributed by atoms with E-state index in [0.717, 1.165) is 0 Å². The Morgan fingerprint density at radius 2 is 1.82 bits per heavy atom. The van der Waals surface area contributed by atoms with Crippen molar-refractivity contribution < 1.29 is 9.18 Å². The van der Waals surface area contributed by atoms with Gasteiger partial charge in [-0.05, 0) is 30.3 Å². The summed E-state index contributed by atoms with van der Waals surface area (Å²) in [5.74, 6) is -0.357. The molecule has 2 aromatic rings. The van der Waals surface area contributed by atoms with E-state index in [1.807, 2.05) is 0 Å². The zero-order chi connectivity index (χ0) is 15.9. The van der Waals surface area contributed by atoms with Crippen LogP contribution in [-0.4, -0.2) is 11.7 Å². The van der Waals surface area contributed by atoms with Crippen molar-refractivity contribution in [1.29, 1.82) is 0 Å². The summed E-state index contributed by atoms with van der Waals surface area (Å²) in [5, 5.41) is 0.553. The molecule has 0 aromatic heterocycles. The van der Waals surface area contributed by atoms with Gasteiger partial charge in [0.05, 0.1) is 5.75 Å². The van der Waals surface area contributed by atoms with E-state index in [1.165, 1.54) is 28.8 Å². The molecule has 2 aromatic carbocycles. The Bertz CT molecular complexity index is 715. The van der Waals surface area contributed by atoms with Crippen LogP contribution in [0.25, 0.3) is 0 Å². The molecular formula is C15H9Cl3FNOS. The molecule has 0 bridgehead atoms. The summed E-state index contributed by atoms with van der Waals surface area (Å²) < 4.78 is 14.2. The molecule has 3 rings (SSSR count). The van der Waals surface area contributed by atoms with E-state index >= 15 is 0 Å². The maximum absolute atomic E-state index is 14.2. The molecule has 1 aliphatic heterocycles. The van der Waals surface area contributed by atoms with Crippen molar-refractivity contribution in [3.8, 4) is 0 Å². The quantitative estimate of drug-likeness (QED) is 0.683. The van der Waals surface area contributed by atoms with Crippen molar-refractivity contribution in [3.63, 3.8) is 0 Å². The van der Waals surface area contributed by atoms with Crippen LogP contribution in [0.15, 0.2) is 36.4 Å². The summed E-state index contributed by atoms with van der Waals surface area (Å²) >= 11 is 19.4. The van der Waals surface area contributed by atoms with E-state index in [4.69, 9.17) is 34.8 Å². The molecule has 1 atom stereocenters. The van der Waals surface area contributed by atoms with Crippen LogP contribution in [0.2, 0.25) is 15.1 Å². The van der Waals surface area contributed by atoms with Crippen molar-refractivity contribution in [2.24, 2.45) is 0 Å². The topological polar surface area (TPSA) is 20.3 Å². The lowest BCUT2D eigenvalue weighted by molar-refractivity contribution is -0.115. The average Bonchev–Trinajstić information content (AvgIpc) is 2.79. The van der Waals surface area contributed by atoms with Crippen LogP contribution >= 0.6 is 46.6 Å². The first-order valence-electron chi connectivity index (χ1n) is 6.31. The Kier molecular flexibility index (Phi) is 4.55. The van der Waals surface area contributed by atoms with Gasteiger partial charge in [0.1, 0.15) is 11.2 Å². The predicted molar refractivity (Wildman–Crippen MR) is 90.6 cm³/mol. The Hall–Kier alpha value is -0.940. The molecule has 1 saturated heterocycles. The highest BCUT2D eigenvalue weighted by Gasteiger charge is 2.37. The van der Waals surface area contributed by atoms with E-state index in [9.17, 15) is 9.18 Å². The van der Waals surface area contributed by atoms with Gasteiger partial charge < -0.3 is 0 Å². The summed E-state index contributed by atoms with van der Waals surface area (Å²) in [7, 11) is 0. The third-order valence-corrected chi connectivity index (χ3v) is 5.18. The summed E-state index contributed by atoms with van der Waals surface area (Å²) in [6.07, 6.45) is 0. The van der Waals surface area contributed by atoms with Gasteiger partial charge in [-0.2, -0.15) is 0 Å². The highest BCUT2D eigenvalue weighted by atomic mass is 35.5. The van der Waals surface area contributed by atoms with Crippen LogP contribution < -0.4 is 4.90 Å². The van der Waals surface area contributed by atoms with Gasteiger partial charge in [-0.15, -0.1) is 11.8 Å². The largest absolute Gasteiger partial charge is 0.295 e. The van der Waals surface area contributed by atoms with Crippen LogP contribution in [0.4, 0.5) is 10.1 Å². The van der Waals surface area contributed by atoms with E-state index in [1.54, 1.807) is 24.3 Å². The Morgan fingerprint density at radius 3 is 2.45 bits per heavy atom. The van der Waals surface area contributed by atoms with Gasteiger partial charge in [-0.3, -0.25) is 9.69 Å². The number of hydrogen-bond acceptors (Lipinski definition) is 2. The average molecular weight is 377 g/mol. The summed E-state index contributed by atoms with van der Waals surface area (Å²) in [4.78, 5) is 13.7. The zero-order valence-electron chi connectivity index (χ0n) is 11.0. The second-order valence-corrected chi connectivity index (χ2v) is 7.04. The molecule has 2 nitrogen and oxygen atoms in total. The van der Waals surface area contributed by atoms with Crippen LogP contribution in [-0.2, 0) is 4.79 Å². The SMILES string of the molecule is O=C1CS[C@@H](c2c(F)cccc2Cl)N1c1cc(Cl)cc(Cl)c1. The standard InChI is InChI=1S/C15H9Cl3FNOS/c16-8-4-9(17)6-10(5-8)20-13(21)7-22-15(20)14-11(18)2-1-3-12(14)19/h1-6,15H,7H2/t15-/m0/s1. The number of halogens is 4. The first kappa shape index (κ1) is 15.9. The van der Waals surface area contributed by atoms with Crippen LogP contribution in [0.3, 0.4) is 0 Å². The minimum absolute atomic E-state index is 0.146. The number of rotatable bonds is 2. The molecule has 0 spiro atoms. The number of nitrogens with zero attached hydrogens (tertiary/aromatic N) is 1. The van der Waals surface area contributed by atoms with Crippen LogP contribution in [0.1, 0.15) is 10.9 Å². The van der Waals surface area contributed by atoms with Crippen LogP contribution in [0.5, 0.6) is 0 Å². The number of amides is 1. The molecule has 0 unspecified atom stereocenters. The van der Waals surface area contributed by atoms with Crippen molar-refractivity contribution in [2.45, 2.75) is 5.37 Å². The molecule has 114 valence electrons. The molecule has 0 saturated carbocycles. The highest BCUT2D eigenvalue weighted by Crippen LogP contribution is 2.45.